The molecule has 2 aromatic rings. The molecular formula is C21H25N3O3S. The van der Waals surface area contributed by atoms with Crippen LogP contribution in [0.15, 0.2) is 53.4 Å². The van der Waals surface area contributed by atoms with Crippen LogP contribution in [0, 0.1) is 0 Å². The summed E-state index contributed by atoms with van der Waals surface area (Å²) in [7, 11) is 1.66. The minimum absolute atomic E-state index is 0.0932. The SMILES string of the molecule is COc1ccc(N2CCN(C(=O)CSc3ccc(NC(C)=O)cc3)CC2)cc1. The monoisotopic (exact) mass is 399 g/mol. The fourth-order valence-electron chi connectivity index (χ4n) is 3.08. The second-order valence-electron chi connectivity index (χ2n) is 6.56. The van der Waals surface area contributed by atoms with E-state index in [1.807, 2.05) is 41.3 Å². The number of nitrogens with one attached hydrogen (secondary N) is 1. The standard InChI is InChI=1S/C21H25N3O3S/c1-16(25)22-17-3-9-20(10-4-17)28-15-21(26)24-13-11-23(12-14-24)18-5-7-19(27-2)8-6-18/h3-10H,11-15H2,1-2H3,(H,22,25). The Morgan fingerprint density at radius 1 is 1.00 bits per heavy atom. The van der Waals surface area contributed by atoms with Gasteiger partial charge in [0.25, 0.3) is 0 Å². The first kappa shape index (κ1) is 20.1. The van der Waals surface area contributed by atoms with Gasteiger partial charge in [0.15, 0.2) is 0 Å². The number of methoxy groups -OCH3 is 1. The molecule has 0 atom stereocenters. The molecule has 0 aliphatic carbocycles. The van der Waals surface area contributed by atoms with Crippen LogP contribution in [0.25, 0.3) is 0 Å². The van der Waals surface area contributed by atoms with Crippen LogP contribution in [0.5, 0.6) is 5.75 Å². The Balaban J connectivity index is 1.45. The molecule has 1 fully saturated rings. The number of carbonyl (C=O) groups excluding carboxylic acids is 2. The summed E-state index contributed by atoms with van der Waals surface area (Å²) >= 11 is 1.52. The van der Waals surface area contributed by atoms with Gasteiger partial charge in [-0.25, -0.2) is 0 Å². The molecule has 3 rings (SSSR count). The van der Waals surface area contributed by atoms with E-state index in [-0.39, 0.29) is 11.8 Å². The summed E-state index contributed by atoms with van der Waals surface area (Å²) in [5.74, 6) is 1.33. The first-order valence-electron chi connectivity index (χ1n) is 9.22. The van der Waals surface area contributed by atoms with Crippen LogP contribution < -0.4 is 15.0 Å². The molecule has 6 nitrogen and oxygen atoms in total. The molecule has 7 heteroatoms. The number of anilines is 2. The van der Waals surface area contributed by atoms with Crippen molar-refractivity contribution in [3.05, 3.63) is 48.5 Å². The third kappa shape index (κ3) is 5.42. The van der Waals surface area contributed by atoms with Crippen molar-refractivity contribution < 1.29 is 14.3 Å². The van der Waals surface area contributed by atoms with Gasteiger partial charge in [-0.15, -0.1) is 11.8 Å². The van der Waals surface area contributed by atoms with Crippen molar-refractivity contribution in [1.29, 1.82) is 0 Å². The van der Waals surface area contributed by atoms with Crippen molar-refractivity contribution in [3.63, 3.8) is 0 Å². The van der Waals surface area contributed by atoms with Gasteiger partial charge in [-0.2, -0.15) is 0 Å². The van der Waals surface area contributed by atoms with Crippen LogP contribution in [0.4, 0.5) is 11.4 Å². The molecule has 1 aliphatic rings. The van der Waals surface area contributed by atoms with Crippen LogP contribution in [-0.2, 0) is 9.59 Å². The van der Waals surface area contributed by atoms with Gasteiger partial charge in [0.1, 0.15) is 5.75 Å². The van der Waals surface area contributed by atoms with Crippen LogP contribution in [-0.4, -0.2) is 55.8 Å². The van der Waals surface area contributed by atoms with E-state index in [0.29, 0.717) is 5.75 Å². The predicted octanol–water partition coefficient (Wildman–Crippen LogP) is 3.09. The molecule has 0 spiro atoms. The van der Waals surface area contributed by atoms with Gasteiger partial charge in [0.05, 0.1) is 12.9 Å². The lowest BCUT2D eigenvalue weighted by Crippen LogP contribution is -2.49. The Kier molecular flexibility index (Phi) is 6.81. The zero-order valence-electron chi connectivity index (χ0n) is 16.2. The van der Waals surface area contributed by atoms with Crippen molar-refractivity contribution in [3.8, 4) is 5.75 Å². The van der Waals surface area contributed by atoms with Crippen molar-refractivity contribution in [2.45, 2.75) is 11.8 Å². The zero-order chi connectivity index (χ0) is 19.9. The summed E-state index contributed by atoms with van der Waals surface area (Å²) in [6.45, 7) is 4.60. The fourth-order valence-corrected chi connectivity index (χ4v) is 3.88. The van der Waals surface area contributed by atoms with Crippen LogP contribution >= 0.6 is 11.8 Å². The normalized spacial score (nSPS) is 13.9. The van der Waals surface area contributed by atoms with E-state index in [1.165, 1.54) is 18.7 Å². The zero-order valence-corrected chi connectivity index (χ0v) is 17.0. The molecule has 0 bridgehead atoms. The molecule has 1 heterocycles. The van der Waals surface area contributed by atoms with E-state index < -0.39 is 0 Å². The maximum atomic E-state index is 12.5. The van der Waals surface area contributed by atoms with Crippen molar-refractivity contribution >= 4 is 35.0 Å². The molecule has 0 saturated carbocycles. The molecule has 0 radical (unpaired) electrons. The summed E-state index contributed by atoms with van der Waals surface area (Å²) in [5, 5.41) is 2.74. The van der Waals surface area contributed by atoms with Gasteiger partial charge in [-0.1, -0.05) is 0 Å². The summed E-state index contributed by atoms with van der Waals surface area (Å²) in [4.78, 5) is 28.8. The largest absolute Gasteiger partial charge is 0.497 e. The molecule has 2 aromatic carbocycles. The van der Waals surface area contributed by atoms with Crippen molar-refractivity contribution in [2.75, 3.05) is 49.3 Å². The lowest BCUT2D eigenvalue weighted by atomic mass is 10.2. The average Bonchev–Trinajstić information content (AvgIpc) is 2.73. The number of carbonyl (C=O) groups is 2. The Morgan fingerprint density at radius 3 is 2.21 bits per heavy atom. The highest BCUT2D eigenvalue weighted by Gasteiger charge is 2.21. The summed E-state index contributed by atoms with van der Waals surface area (Å²) in [6.07, 6.45) is 0. The average molecular weight is 400 g/mol. The van der Waals surface area contributed by atoms with Crippen molar-refractivity contribution in [2.24, 2.45) is 0 Å². The lowest BCUT2D eigenvalue weighted by molar-refractivity contribution is -0.128. The number of benzene rings is 2. The van der Waals surface area contributed by atoms with Gasteiger partial charge < -0.3 is 19.9 Å². The third-order valence-corrected chi connectivity index (χ3v) is 5.60. The molecular weight excluding hydrogens is 374 g/mol. The number of hydrogen-bond acceptors (Lipinski definition) is 5. The predicted molar refractivity (Wildman–Crippen MR) is 113 cm³/mol. The highest BCUT2D eigenvalue weighted by molar-refractivity contribution is 8.00. The number of piperazine rings is 1. The van der Waals surface area contributed by atoms with Gasteiger partial charge >= 0.3 is 0 Å². The number of nitrogens with zero attached hydrogens (tertiary/aromatic N) is 2. The highest BCUT2D eigenvalue weighted by Crippen LogP contribution is 2.23. The number of ether oxygens (including phenoxy) is 1. The van der Waals surface area contributed by atoms with Crippen LogP contribution in [0.1, 0.15) is 6.92 Å². The lowest BCUT2D eigenvalue weighted by Gasteiger charge is -2.36. The first-order chi connectivity index (χ1) is 13.5. The minimum atomic E-state index is -0.0932. The number of thioether (sulfide) groups is 1. The summed E-state index contributed by atoms with van der Waals surface area (Å²) in [6, 6.07) is 15.6. The molecule has 2 amide bonds. The molecule has 1 saturated heterocycles. The third-order valence-electron chi connectivity index (χ3n) is 4.61. The fraction of sp³-hybridized carbons (Fsp3) is 0.333. The van der Waals surface area contributed by atoms with E-state index in [2.05, 4.69) is 22.3 Å². The molecule has 1 aliphatic heterocycles. The summed E-state index contributed by atoms with van der Waals surface area (Å²) < 4.78 is 5.20. The maximum absolute atomic E-state index is 12.5. The van der Waals surface area contributed by atoms with E-state index >= 15 is 0 Å². The Morgan fingerprint density at radius 2 is 1.64 bits per heavy atom. The second-order valence-corrected chi connectivity index (χ2v) is 7.61. The first-order valence-corrected chi connectivity index (χ1v) is 10.2. The second kappa shape index (κ2) is 9.50. The Labute approximate surface area is 169 Å². The highest BCUT2D eigenvalue weighted by atomic mass is 32.2. The quantitative estimate of drug-likeness (QED) is 0.757. The van der Waals surface area contributed by atoms with Crippen LogP contribution in [0.2, 0.25) is 0 Å². The van der Waals surface area contributed by atoms with Crippen molar-refractivity contribution in [1.82, 2.24) is 4.90 Å². The Hall–Kier alpha value is -2.67. The molecule has 0 unspecified atom stereocenters. The minimum Gasteiger partial charge on any atom is -0.497 e. The Bertz CT molecular complexity index is 801. The molecule has 1 N–H and O–H groups in total. The number of rotatable bonds is 6. The van der Waals surface area contributed by atoms with E-state index in [9.17, 15) is 9.59 Å². The van der Waals surface area contributed by atoms with Crippen LogP contribution in [0.3, 0.4) is 0 Å². The van der Waals surface area contributed by atoms with E-state index in [4.69, 9.17) is 4.74 Å². The van der Waals surface area contributed by atoms with E-state index in [0.717, 1.165) is 48.2 Å². The summed E-state index contributed by atoms with van der Waals surface area (Å²) in [5.41, 5.74) is 1.92. The van der Waals surface area contributed by atoms with Gasteiger partial charge in [-0.3, -0.25) is 9.59 Å². The molecule has 28 heavy (non-hydrogen) atoms. The smallest absolute Gasteiger partial charge is 0.233 e. The number of hydrogen-bond donors (Lipinski definition) is 1. The maximum Gasteiger partial charge on any atom is 0.233 e. The molecule has 148 valence electrons. The van der Waals surface area contributed by atoms with Gasteiger partial charge in [0, 0.05) is 49.4 Å². The van der Waals surface area contributed by atoms with E-state index in [1.54, 1.807) is 7.11 Å². The van der Waals surface area contributed by atoms with Gasteiger partial charge in [0.2, 0.25) is 11.8 Å². The van der Waals surface area contributed by atoms with Gasteiger partial charge in [-0.05, 0) is 48.5 Å². The number of amides is 2. The topological polar surface area (TPSA) is 61.9 Å². The molecule has 0 aromatic heterocycles.